The fourth-order valence-electron chi connectivity index (χ4n) is 2.85. The van der Waals surface area contributed by atoms with E-state index in [9.17, 15) is 18.0 Å². The van der Waals surface area contributed by atoms with Gasteiger partial charge in [0.15, 0.2) is 0 Å². The van der Waals surface area contributed by atoms with Crippen molar-refractivity contribution < 1.29 is 17.9 Å². The zero-order valence-electron chi connectivity index (χ0n) is 14.0. The second-order valence-electron chi connectivity index (χ2n) is 6.04. The molecule has 3 rings (SSSR count). The monoisotopic (exact) mass is 365 g/mol. The molecule has 0 amide bonds. The maximum absolute atomic E-state index is 12.8. The number of alkyl halides is 3. The van der Waals surface area contributed by atoms with E-state index in [1.165, 1.54) is 0 Å². The zero-order valence-corrected chi connectivity index (χ0v) is 14.0. The van der Waals surface area contributed by atoms with E-state index in [1.807, 2.05) is 34.1 Å². The molecule has 0 fully saturated rings. The molecule has 1 aliphatic rings. The van der Waals surface area contributed by atoms with Crippen molar-refractivity contribution in [3.63, 3.8) is 0 Å². The van der Waals surface area contributed by atoms with Crippen LogP contribution in [0.1, 0.15) is 22.6 Å². The number of H-pyrrole nitrogens is 1. The molecule has 0 bridgehead atoms. The molecule has 2 aromatic rings. The molecule has 0 saturated carbocycles. The van der Waals surface area contributed by atoms with Crippen LogP contribution < -0.4 is 10.3 Å². The number of nitrogens with zero attached hydrogens (tertiary/aromatic N) is 2. The van der Waals surface area contributed by atoms with Gasteiger partial charge in [-0.1, -0.05) is 24.8 Å². The van der Waals surface area contributed by atoms with E-state index in [4.69, 9.17) is 4.74 Å². The first kappa shape index (κ1) is 18.2. The molecule has 0 radical (unpaired) electrons. The van der Waals surface area contributed by atoms with Gasteiger partial charge in [0.05, 0.1) is 11.3 Å². The molecule has 0 spiro atoms. The van der Waals surface area contributed by atoms with E-state index in [0.717, 1.165) is 11.3 Å². The van der Waals surface area contributed by atoms with Crippen LogP contribution in [0.25, 0.3) is 0 Å². The highest BCUT2D eigenvalue weighted by atomic mass is 19.4. The van der Waals surface area contributed by atoms with Crippen molar-refractivity contribution in [3.8, 4) is 5.75 Å². The fraction of sp³-hybridized carbons (Fsp3) is 0.333. The van der Waals surface area contributed by atoms with Crippen molar-refractivity contribution in [1.29, 1.82) is 0 Å². The Balaban J connectivity index is 1.71. The minimum absolute atomic E-state index is 0.227. The van der Waals surface area contributed by atoms with Gasteiger partial charge >= 0.3 is 6.18 Å². The number of fused-ring (bicyclic) bond motifs is 1. The highest BCUT2D eigenvalue weighted by molar-refractivity contribution is 5.28. The van der Waals surface area contributed by atoms with Crippen LogP contribution in [0, 0.1) is 0 Å². The zero-order chi connectivity index (χ0) is 18.7. The summed E-state index contributed by atoms with van der Waals surface area (Å²) >= 11 is 0. The molecule has 138 valence electrons. The first-order valence-electron chi connectivity index (χ1n) is 8.11. The Kier molecular flexibility index (Phi) is 5.13. The van der Waals surface area contributed by atoms with Crippen LogP contribution in [0.2, 0.25) is 0 Å². The molecular formula is C18H18F3N3O2. The molecule has 0 unspecified atom stereocenters. The summed E-state index contributed by atoms with van der Waals surface area (Å²) in [5.41, 5.74) is 0.830. The second-order valence-corrected chi connectivity index (χ2v) is 6.04. The number of aromatic amines is 1. The van der Waals surface area contributed by atoms with E-state index in [2.05, 4.69) is 11.6 Å². The van der Waals surface area contributed by atoms with Crippen molar-refractivity contribution in [2.45, 2.75) is 25.7 Å². The Morgan fingerprint density at radius 2 is 2.04 bits per heavy atom. The highest BCUT2D eigenvalue weighted by Gasteiger charge is 2.35. The normalized spacial score (nSPS) is 14.7. The minimum atomic E-state index is -4.65. The van der Waals surface area contributed by atoms with Gasteiger partial charge in [0.1, 0.15) is 12.4 Å². The lowest BCUT2D eigenvalue weighted by molar-refractivity contribution is -0.145. The highest BCUT2D eigenvalue weighted by Crippen LogP contribution is 2.26. The van der Waals surface area contributed by atoms with Crippen molar-refractivity contribution in [3.05, 3.63) is 69.9 Å². The molecular weight excluding hydrogens is 347 g/mol. The predicted octanol–water partition coefficient (Wildman–Crippen LogP) is 2.91. The van der Waals surface area contributed by atoms with Crippen molar-refractivity contribution in [2.24, 2.45) is 0 Å². The number of hydrogen-bond donors (Lipinski definition) is 1. The lowest BCUT2D eigenvalue weighted by Gasteiger charge is -2.27. The van der Waals surface area contributed by atoms with Crippen LogP contribution in [0.4, 0.5) is 13.2 Å². The van der Waals surface area contributed by atoms with Crippen LogP contribution >= 0.6 is 0 Å². The smallest absolute Gasteiger partial charge is 0.449 e. The standard InChI is InChI=1S/C18H18F3N3O2/c1-2-9-26-13-5-3-12(4-6-13)10-24-8-7-15-14(11-24)16(25)23-17(22-15)18(19,20)21/h2-6H,1,7-11H2,(H,22,23,25). The third-order valence-electron chi connectivity index (χ3n) is 4.11. The van der Waals surface area contributed by atoms with E-state index < -0.39 is 17.6 Å². The summed E-state index contributed by atoms with van der Waals surface area (Å²) in [7, 11) is 0. The van der Waals surface area contributed by atoms with Crippen LogP contribution in [-0.2, 0) is 25.7 Å². The summed E-state index contributed by atoms with van der Waals surface area (Å²) in [6, 6.07) is 7.54. The molecule has 1 N–H and O–H groups in total. The lowest BCUT2D eigenvalue weighted by Crippen LogP contribution is -2.36. The number of nitrogens with one attached hydrogen (secondary N) is 1. The van der Waals surface area contributed by atoms with E-state index in [1.54, 1.807) is 6.08 Å². The quantitative estimate of drug-likeness (QED) is 0.828. The predicted molar refractivity (Wildman–Crippen MR) is 89.8 cm³/mol. The van der Waals surface area contributed by atoms with Gasteiger partial charge in [-0.25, -0.2) is 4.98 Å². The van der Waals surface area contributed by atoms with E-state index in [0.29, 0.717) is 31.7 Å². The van der Waals surface area contributed by atoms with Gasteiger partial charge < -0.3 is 9.72 Å². The summed E-state index contributed by atoms with van der Waals surface area (Å²) in [4.78, 5) is 19.5. The third kappa shape index (κ3) is 4.13. The number of hydrogen-bond acceptors (Lipinski definition) is 4. The average Bonchev–Trinajstić information content (AvgIpc) is 2.61. The number of benzene rings is 1. The van der Waals surface area contributed by atoms with Gasteiger partial charge in [-0.3, -0.25) is 9.69 Å². The first-order chi connectivity index (χ1) is 12.4. The molecule has 0 aliphatic carbocycles. The Bertz CT molecular complexity index is 844. The van der Waals surface area contributed by atoms with Gasteiger partial charge in [0.2, 0.25) is 5.82 Å². The topological polar surface area (TPSA) is 58.2 Å². The average molecular weight is 365 g/mol. The van der Waals surface area contributed by atoms with Crippen molar-refractivity contribution in [2.75, 3.05) is 13.2 Å². The van der Waals surface area contributed by atoms with Crippen LogP contribution in [0.3, 0.4) is 0 Å². The second kappa shape index (κ2) is 7.33. The summed E-state index contributed by atoms with van der Waals surface area (Å²) in [6.45, 7) is 5.41. The van der Waals surface area contributed by atoms with Gasteiger partial charge in [-0.2, -0.15) is 13.2 Å². The molecule has 8 heteroatoms. The minimum Gasteiger partial charge on any atom is -0.490 e. The molecule has 0 saturated heterocycles. The molecule has 2 heterocycles. The number of halogens is 3. The Morgan fingerprint density at radius 1 is 1.31 bits per heavy atom. The molecule has 1 aromatic heterocycles. The molecule has 0 atom stereocenters. The summed E-state index contributed by atoms with van der Waals surface area (Å²) in [6.07, 6.45) is -2.68. The third-order valence-corrected chi connectivity index (χ3v) is 4.11. The maximum Gasteiger partial charge on any atom is 0.449 e. The van der Waals surface area contributed by atoms with Crippen LogP contribution in [0.15, 0.2) is 41.7 Å². The number of rotatable bonds is 5. The van der Waals surface area contributed by atoms with Crippen LogP contribution in [0.5, 0.6) is 5.75 Å². The molecule has 1 aliphatic heterocycles. The molecule has 5 nitrogen and oxygen atoms in total. The van der Waals surface area contributed by atoms with E-state index in [-0.39, 0.29) is 12.2 Å². The van der Waals surface area contributed by atoms with Gasteiger partial charge in [-0.15, -0.1) is 0 Å². The largest absolute Gasteiger partial charge is 0.490 e. The number of aromatic nitrogens is 2. The fourth-order valence-corrected chi connectivity index (χ4v) is 2.85. The van der Waals surface area contributed by atoms with Crippen molar-refractivity contribution >= 4 is 0 Å². The van der Waals surface area contributed by atoms with Gasteiger partial charge in [0, 0.05) is 26.1 Å². The van der Waals surface area contributed by atoms with Gasteiger partial charge in [-0.05, 0) is 17.7 Å². The SMILES string of the molecule is C=CCOc1ccc(CN2CCc3nc(C(F)(F)F)[nH]c(=O)c3C2)cc1. The molecule has 1 aromatic carbocycles. The number of ether oxygens (including phenoxy) is 1. The maximum atomic E-state index is 12.8. The Morgan fingerprint density at radius 3 is 2.69 bits per heavy atom. The lowest BCUT2D eigenvalue weighted by atomic mass is 10.1. The summed E-state index contributed by atoms with van der Waals surface area (Å²) < 4.78 is 43.7. The Labute approximate surface area is 148 Å². The summed E-state index contributed by atoms with van der Waals surface area (Å²) in [5, 5.41) is 0. The molecule has 26 heavy (non-hydrogen) atoms. The van der Waals surface area contributed by atoms with E-state index >= 15 is 0 Å². The Hall–Kier alpha value is -2.61. The summed E-state index contributed by atoms with van der Waals surface area (Å²) in [5.74, 6) is -0.497. The first-order valence-corrected chi connectivity index (χ1v) is 8.11. The van der Waals surface area contributed by atoms with Gasteiger partial charge in [0.25, 0.3) is 5.56 Å². The van der Waals surface area contributed by atoms with Crippen molar-refractivity contribution in [1.82, 2.24) is 14.9 Å². The van der Waals surface area contributed by atoms with Crippen LogP contribution in [-0.4, -0.2) is 28.0 Å².